The van der Waals surface area contributed by atoms with Crippen LogP contribution in [0.4, 0.5) is 11.6 Å². The van der Waals surface area contributed by atoms with Crippen LogP contribution in [0.2, 0.25) is 0 Å². The Hall–Kier alpha value is -3.14. The number of aromatic nitrogens is 4. The van der Waals surface area contributed by atoms with Gasteiger partial charge in [-0.15, -0.1) is 5.10 Å². The molecule has 0 unspecified atom stereocenters. The van der Waals surface area contributed by atoms with E-state index >= 15 is 0 Å². The lowest BCUT2D eigenvalue weighted by atomic mass is 9.91. The molecule has 3 aromatic rings. The van der Waals surface area contributed by atoms with Crippen LogP contribution in [0, 0.1) is 12.8 Å². The van der Waals surface area contributed by atoms with Crippen molar-refractivity contribution in [3.63, 3.8) is 0 Å². The third-order valence-electron chi connectivity index (χ3n) is 6.79. The normalized spacial score (nSPS) is 16.4. The molecule has 5 rings (SSSR count). The maximum atomic E-state index is 13.1. The second kappa shape index (κ2) is 9.25. The summed E-state index contributed by atoms with van der Waals surface area (Å²) in [5.74, 6) is 1.50. The van der Waals surface area contributed by atoms with Gasteiger partial charge in [0, 0.05) is 17.3 Å². The number of aryl methyl sites for hydroxylation is 1. The van der Waals surface area contributed by atoms with Crippen molar-refractivity contribution in [3.8, 4) is 17.2 Å². The van der Waals surface area contributed by atoms with E-state index in [2.05, 4.69) is 25.9 Å². The molecule has 0 saturated heterocycles. The lowest BCUT2D eigenvalue weighted by Crippen LogP contribution is -2.19. The highest BCUT2D eigenvalue weighted by Crippen LogP contribution is 2.42. The van der Waals surface area contributed by atoms with Gasteiger partial charge in [-0.3, -0.25) is 0 Å². The molecule has 0 spiro atoms. The van der Waals surface area contributed by atoms with Crippen molar-refractivity contribution in [3.05, 3.63) is 41.0 Å². The van der Waals surface area contributed by atoms with E-state index in [0.717, 1.165) is 79.5 Å². The molecule has 0 amide bonds. The molecule has 3 N–H and O–H groups in total. The minimum Gasteiger partial charge on any atom is -0.507 e. The third-order valence-corrected chi connectivity index (χ3v) is 8.70. The average Bonchev–Trinajstić information content (AvgIpc) is 3.50. The molecule has 2 aliphatic rings. The maximum Gasteiger partial charge on any atom is 0.267 e. The van der Waals surface area contributed by atoms with Gasteiger partial charge in [-0.1, -0.05) is 24.4 Å². The van der Waals surface area contributed by atoms with Gasteiger partial charge in [-0.2, -0.15) is 5.21 Å². The molecule has 10 heteroatoms. The first-order chi connectivity index (χ1) is 16.4. The van der Waals surface area contributed by atoms with Gasteiger partial charge in [-0.25, -0.2) is 8.42 Å². The molecule has 1 saturated carbocycles. The van der Waals surface area contributed by atoms with Crippen LogP contribution < -0.4 is 10.1 Å². The van der Waals surface area contributed by atoms with Crippen molar-refractivity contribution < 1.29 is 18.3 Å². The molecule has 2 aliphatic carbocycles. The molecule has 2 aromatic carbocycles. The van der Waals surface area contributed by atoms with Gasteiger partial charge in [0.1, 0.15) is 22.1 Å². The average molecular weight is 484 g/mol. The molecule has 180 valence electrons. The SMILES string of the molecule is Cc1cc(Nc2nn[nH]n2)c2c(c1Oc1ccc(O)c(S(=O)(=O)CC3CCCCC3)c1)CCC2. The van der Waals surface area contributed by atoms with Crippen LogP contribution in [0.25, 0.3) is 0 Å². The first-order valence-electron chi connectivity index (χ1n) is 11.8. The van der Waals surface area contributed by atoms with Gasteiger partial charge >= 0.3 is 0 Å². The van der Waals surface area contributed by atoms with E-state index in [4.69, 9.17) is 4.74 Å². The molecule has 1 fully saturated rings. The molecule has 34 heavy (non-hydrogen) atoms. The summed E-state index contributed by atoms with van der Waals surface area (Å²) in [5.41, 5.74) is 4.05. The topological polar surface area (TPSA) is 130 Å². The quantitative estimate of drug-likeness (QED) is 0.445. The number of H-pyrrole nitrogens is 1. The molecule has 1 aromatic heterocycles. The smallest absolute Gasteiger partial charge is 0.267 e. The van der Waals surface area contributed by atoms with E-state index < -0.39 is 9.84 Å². The summed E-state index contributed by atoms with van der Waals surface area (Å²) < 4.78 is 32.5. The second-order valence-corrected chi connectivity index (χ2v) is 11.3. The highest BCUT2D eigenvalue weighted by molar-refractivity contribution is 7.91. The number of phenolic OH excluding ortho intramolecular Hbond substituents is 1. The van der Waals surface area contributed by atoms with Crippen molar-refractivity contribution in [2.45, 2.75) is 63.2 Å². The minimum atomic E-state index is -3.63. The number of benzene rings is 2. The predicted molar refractivity (Wildman–Crippen MR) is 127 cm³/mol. The van der Waals surface area contributed by atoms with Crippen molar-refractivity contribution in [1.29, 1.82) is 0 Å². The summed E-state index contributed by atoms with van der Waals surface area (Å²) in [6, 6.07) is 6.46. The lowest BCUT2D eigenvalue weighted by molar-refractivity contribution is 0.384. The van der Waals surface area contributed by atoms with Crippen LogP contribution in [0.3, 0.4) is 0 Å². The van der Waals surface area contributed by atoms with Crippen LogP contribution in [0.1, 0.15) is 55.2 Å². The summed E-state index contributed by atoms with van der Waals surface area (Å²) >= 11 is 0. The molecule has 0 aliphatic heterocycles. The number of fused-ring (bicyclic) bond motifs is 1. The van der Waals surface area contributed by atoms with Crippen molar-refractivity contribution in [2.75, 3.05) is 11.1 Å². The first kappa shape index (κ1) is 22.6. The van der Waals surface area contributed by atoms with Crippen LogP contribution in [0.15, 0.2) is 29.2 Å². The fourth-order valence-corrected chi connectivity index (χ4v) is 6.98. The Bertz CT molecular complexity index is 1290. The van der Waals surface area contributed by atoms with E-state index in [1.54, 1.807) is 6.07 Å². The van der Waals surface area contributed by atoms with Gasteiger partial charge in [0.2, 0.25) is 0 Å². The largest absolute Gasteiger partial charge is 0.507 e. The van der Waals surface area contributed by atoms with E-state index in [9.17, 15) is 13.5 Å². The first-order valence-corrected chi connectivity index (χ1v) is 13.5. The molecule has 1 heterocycles. The number of anilines is 2. The Labute approximate surface area is 198 Å². The Morgan fingerprint density at radius 3 is 2.68 bits per heavy atom. The molecule has 9 nitrogen and oxygen atoms in total. The highest BCUT2D eigenvalue weighted by atomic mass is 32.2. The van der Waals surface area contributed by atoms with Crippen LogP contribution in [-0.2, 0) is 22.7 Å². The van der Waals surface area contributed by atoms with E-state index in [-0.39, 0.29) is 22.3 Å². The summed E-state index contributed by atoms with van der Waals surface area (Å²) in [7, 11) is -3.63. The lowest BCUT2D eigenvalue weighted by Gasteiger charge is -2.22. The number of rotatable bonds is 7. The van der Waals surface area contributed by atoms with Gasteiger partial charge in [0.25, 0.3) is 5.95 Å². The number of tetrazole rings is 1. The van der Waals surface area contributed by atoms with Gasteiger partial charge in [-0.05, 0) is 79.5 Å². The number of phenols is 1. The Morgan fingerprint density at radius 1 is 1.12 bits per heavy atom. The molecular formula is C24H29N5O4S. The van der Waals surface area contributed by atoms with E-state index in [1.165, 1.54) is 12.1 Å². The van der Waals surface area contributed by atoms with Gasteiger partial charge in [0.05, 0.1) is 5.75 Å². The zero-order valence-corrected chi connectivity index (χ0v) is 20.0. The van der Waals surface area contributed by atoms with E-state index in [0.29, 0.717) is 11.7 Å². The molecule has 0 atom stereocenters. The Balaban J connectivity index is 1.43. The number of ether oxygens (including phenoxy) is 1. The summed E-state index contributed by atoms with van der Waals surface area (Å²) in [5, 5.41) is 27.5. The van der Waals surface area contributed by atoms with E-state index in [1.807, 2.05) is 13.0 Å². The number of nitrogens with zero attached hydrogens (tertiary/aromatic N) is 3. The summed E-state index contributed by atoms with van der Waals surface area (Å²) in [6.45, 7) is 1.95. The maximum absolute atomic E-state index is 13.1. The Kier molecular flexibility index (Phi) is 6.16. The number of hydrogen-bond acceptors (Lipinski definition) is 8. The van der Waals surface area contributed by atoms with Crippen molar-refractivity contribution in [2.24, 2.45) is 5.92 Å². The van der Waals surface area contributed by atoms with Crippen molar-refractivity contribution in [1.82, 2.24) is 20.6 Å². The highest BCUT2D eigenvalue weighted by Gasteiger charge is 2.27. The predicted octanol–water partition coefficient (Wildman–Crippen LogP) is 4.59. The zero-order valence-electron chi connectivity index (χ0n) is 19.2. The zero-order chi connectivity index (χ0) is 23.7. The Morgan fingerprint density at radius 2 is 1.91 bits per heavy atom. The van der Waals surface area contributed by atoms with Gasteiger partial charge < -0.3 is 15.2 Å². The molecule has 0 bridgehead atoms. The van der Waals surface area contributed by atoms with Crippen LogP contribution in [-0.4, -0.2) is 39.9 Å². The van der Waals surface area contributed by atoms with Crippen LogP contribution in [0.5, 0.6) is 17.2 Å². The summed E-state index contributed by atoms with van der Waals surface area (Å²) in [4.78, 5) is -0.0553. The minimum absolute atomic E-state index is 0.0553. The number of aromatic amines is 1. The number of hydrogen-bond donors (Lipinski definition) is 3. The summed E-state index contributed by atoms with van der Waals surface area (Å²) in [6.07, 6.45) is 7.89. The van der Waals surface area contributed by atoms with Gasteiger partial charge in [0.15, 0.2) is 9.84 Å². The fourth-order valence-electron chi connectivity index (χ4n) is 5.17. The van der Waals surface area contributed by atoms with Crippen LogP contribution >= 0.6 is 0 Å². The fraction of sp³-hybridized carbons (Fsp3) is 0.458. The monoisotopic (exact) mass is 483 g/mol. The number of sulfone groups is 1. The standard InChI is InChI=1S/C24H29N5O4S/c1-15-12-20(25-24-26-28-29-27-24)18-8-5-9-19(18)23(15)33-17-10-11-21(30)22(13-17)34(31,32)14-16-6-3-2-4-7-16/h10-13,16,30H,2-9,14H2,1H3,(H2,25,26,27,28,29). The van der Waals surface area contributed by atoms with Crippen molar-refractivity contribution >= 4 is 21.5 Å². The third kappa shape index (κ3) is 4.59. The molecular weight excluding hydrogens is 454 g/mol. The number of aromatic hydroxyl groups is 1. The molecule has 0 radical (unpaired) electrons. The second-order valence-electron chi connectivity index (χ2n) is 9.26. The number of nitrogens with one attached hydrogen (secondary N) is 2.